The van der Waals surface area contributed by atoms with Crippen LogP contribution in [0.3, 0.4) is 0 Å². The zero-order valence-electron chi connectivity index (χ0n) is 8.71. The van der Waals surface area contributed by atoms with Crippen molar-refractivity contribution in [1.29, 1.82) is 0 Å². The molecule has 84 valence electrons. The smallest absolute Gasteiger partial charge is 0.0500 e. The van der Waals surface area contributed by atoms with Crippen LogP contribution in [-0.2, 0) is 0 Å². The van der Waals surface area contributed by atoms with Crippen LogP contribution in [0.25, 0.3) is 0 Å². The molecule has 0 fully saturated rings. The molecule has 0 saturated carbocycles. The molecule has 0 bridgehead atoms. The SMILES string of the molecule is CC(Nc1cc(Br)ccc1Br)c1ccsc1. The lowest BCUT2D eigenvalue weighted by molar-refractivity contribution is 0.889. The van der Waals surface area contributed by atoms with E-state index in [1.165, 1.54) is 5.56 Å². The molecule has 1 aromatic heterocycles. The molecule has 0 amide bonds. The molecule has 0 aliphatic carbocycles. The van der Waals surface area contributed by atoms with E-state index in [0.29, 0.717) is 6.04 Å². The topological polar surface area (TPSA) is 12.0 Å². The van der Waals surface area contributed by atoms with Crippen LogP contribution in [0.4, 0.5) is 5.69 Å². The summed E-state index contributed by atoms with van der Waals surface area (Å²) in [5, 5.41) is 7.75. The van der Waals surface area contributed by atoms with Crippen molar-refractivity contribution in [3.63, 3.8) is 0 Å². The molecule has 2 aromatic rings. The first-order valence-corrected chi connectivity index (χ1v) is 7.43. The predicted molar refractivity (Wildman–Crippen MR) is 78.2 cm³/mol. The molecule has 1 nitrogen and oxygen atoms in total. The van der Waals surface area contributed by atoms with Crippen LogP contribution in [0.1, 0.15) is 18.5 Å². The lowest BCUT2D eigenvalue weighted by atomic mass is 10.2. The maximum Gasteiger partial charge on any atom is 0.0500 e. The summed E-state index contributed by atoms with van der Waals surface area (Å²) in [6.07, 6.45) is 0. The van der Waals surface area contributed by atoms with Crippen molar-refractivity contribution >= 4 is 48.9 Å². The molecule has 4 heteroatoms. The highest BCUT2D eigenvalue weighted by Crippen LogP contribution is 2.29. The van der Waals surface area contributed by atoms with Gasteiger partial charge in [-0.2, -0.15) is 11.3 Å². The minimum absolute atomic E-state index is 0.317. The Morgan fingerprint density at radius 1 is 1.25 bits per heavy atom. The van der Waals surface area contributed by atoms with Crippen molar-refractivity contribution in [2.45, 2.75) is 13.0 Å². The third-order valence-corrected chi connectivity index (χ3v) is 4.23. The highest BCUT2D eigenvalue weighted by molar-refractivity contribution is 9.11. The third kappa shape index (κ3) is 2.87. The quantitative estimate of drug-likeness (QED) is 0.767. The van der Waals surface area contributed by atoms with Crippen molar-refractivity contribution in [2.75, 3.05) is 5.32 Å². The van der Waals surface area contributed by atoms with Gasteiger partial charge < -0.3 is 5.32 Å². The summed E-state index contributed by atoms with van der Waals surface area (Å²) in [5.74, 6) is 0. The molecule has 16 heavy (non-hydrogen) atoms. The van der Waals surface area contributed by atoms with Crippen LogP contribution in [0.15, 0.2) is 44.0 Å². The summed E-state index contributed by atoms with van der Waals surface area (Å²) >= 11 is 8.74. The van der Waals surface area contributed by atoms with E-state index in [2.05, 4.69) is 67.0 Å². The fourth-order valence-corrected chi connectivity index (χ4v) is 2.92. The number of nitrogens with one attached hydrogen (secondary N) is 1. The second kappa shape index (κ2) is 5.34. The van der Waals surface area contributed by atoms with Crippen LogP contribution >= 0.6 is 43.2 Å². The standard InChI is InChI=1S/C12H11Br2NS/c1-8(9-4-5-16-7-9)15-12-6-10(13)2-3-11(12)14/h2-8,15H,1H3. The highest BCUT2D eigenvalue weighted by atomic mass is 79.9. The van der Waals surface area contributed by atoms with Gasteiger partial charge in [0, 0.05) is 15.0 Å². The molecule has 2 rings (SSSR count). The van der Waals surface area contributed by atoms with Crippen molar-refractivity contribution in [3.8, 4) is 0 Å². The zero-order chi connectivity index (χ0) is 11.5. The van der Waals surface area contributed by atoms with Crippen LogP contribution < -0.4 is 5.32 Å². The minimum Gasteiger partial charge on any atom is -0.378 e. The number of anilines is 1. The third-order valence-electron chi connectivity index (χ3n) is 2.34. The minimum atomic E-state index is 0.317. The predicted octanol–water partition coefficient (Wildman–Crippen LogP) is 5.45. The Balaban J connectivity index is 2.17. The van der Waals surface area contributed by atoms with Crippen molar-refractivity contribution < 1.29 is 0 Å². The average Bonchev–Trinajstić information content (AvgIpc) is 2.76. The highest BCUT2D eigenvalue weighted by Gasteiger charge is 2.07. The van der Waals surface area contributed by atoms with Gasteiger partial charge in [0.25, 0.3) is 0 Å². The molecule has 0 spiro atoms. The molecule has 1 aromatic carbocycles. The van der Waals surface area contributed by atoms with Gasteiger partial charge in [0.2, 0.25) is 0 Å². The number of thiophene rings is 1. The lowest BCUT2D eigenvalue weighted by Gasteiger charge is -2.15. The summed E-state index contributed by atoms with van der Waals surface area (Å²) in [6.45, 7) is 2.16. The molecule has 1 heterocycles. The monoisotopic (exact) mass is 359 g/mol. The van der Waals surface area contributed by atoms with Crippen molar-refractivity contribution in [2.24, 2.45) is 0 Å². The van der Waals surface area contributed by atoms with Crippen molar-refractivity contribution in [3.05, 3.63) is 49.5 Å². The van der Waals surface area contributed by atoms with E-state index in [-0.39, 0.29) is 0 Å². The molecule has 0 radical (unpaired) electrons. The number of benzene rings is 1. The average molecular weight is 361 g/mol. The fraction of sp³-hybridized carbons (Fsp3) is 0.167. The molecular formula is C12H11Br2NS. The molecule has 0 aliphatic heterocycles. The first-order valence-electron chi connectivity index (χ1n) is 4.90. The first kappa shape index (κ1) is 12.1. The summed E-state index contributed by atoms with van der Waals surface area (Å²) in [6, 6.07) is 8.59. The summed E-state index contributed by atoms with van der Waals surface area (Å²) in [5.41, 5.74) is 2.42. The second-order valence-corrected chi connectivity index (χ2v) is 6.10. The van der Waals surface area contributed by atoms with E-state index in [1.54, 1.807) is 11.3 Å². The number of rotatable bonds is 3. The maximum absolute atomic E-state index is 3.54. The Morgan fingerprint density at radius 3 is 2.75 bits per heavy atom. The Labute approximate surface area is 116 Å². The number of hydrogen-bond donors (Lipinski definition) is 1. The van der Waals surface area contributed by atoms with Gasteiger partial charge in [-0.1, -0.05) is 15.9 Å². The maximum atomic E-state index is 3.54. The summed E-state index contributed by atoms with van der Waals surface area (Å²) in [4.78, 5) is 0. The molecule has 1 unspecified atom stereocenters. The van der Waals surface area contributed by atoms with E-state index in [0.717, 1.165) is 14.6 Å². The van der Waals surface area contributed by atoms with Gasteiger partial charge in [0.1, 0.15) is 0 Å². The molecule has 0 saturated heterocycles. The molecule has 1 atom stereocenters. The molecular weight excluding hydrogens is 350 g/mol. The molecule has 1 N–H and O–H groups in total. The van der Waals surface area contributed by atoms with Gasteiger partial charge in [-0.3, -0.25) is 0 Å². The van der Waals surface area contributed by atoms with E-state index in [1.807, 2.05) is 12.1 Å². The van der Waals surface area contributed by atoms with Crippen molar-refractivity contribution in [1.82, 2.24) is 0 Å². The largest absolute Gasteiger partial charge is 0.378 e. The molecule has 0 aliphatic rings. The van der Waals surface area contributed by atoms with E-state index in [4.69, 9.17) is 0 Å². The van der Waals surface area contributed by atoms with Gasteiger partial charge in [-0.15, -0.1) is 0 Å². The Bertz CT molecular complexity index is 468. The first-order chi connectivity index (χ1) is 7.66. The van der Waals surface area contributed by atoms with Crippen LogP contribution in [-0.4, -0.2) is 0 Å². The van der Waals surface area contributed by atoms with E-state index >= 15 is 0 Å². The van der Waals surface area contributed by atoms with Crippen LogP contribution in [0, 0.1) is 0 Å². The Hall–Kier alpha value is -0.320. The zero-order valence-corrected chi connectivity index (χ0v) is 12.7. The van der Waals surface area contributed by atoms with Gasteiger partial charge in [-0.25, -0.2) is 0 Å². The van der Waals surface area contributed by atoms with E-state index < -0.39 is 0 Å². The summed E-state index contributed by atoms with van der Waals surface area (Å²) in [7, 11) is 0. The fourth-order valence-electron chi connectivity index (χ4n) is 1.45. The van der Waals surface area contributed by atoms with Gasteiger partial charge in [0.05, 0.1) is 5.69 Å². The second-order valence-electron chi connectivity index (χ2n) is 3.55. The number of halogens is 2. The number of hydrogen-bond acceptors (Lipinski definition) is 2. The summed E-state index contributed by atoms with van der Waals surface area (Å²) < 4.78 is 2.16. The van der Waals surface area contributed by atoms with Crippen LogP contribution in [0.5, 0.6) is 0 Å². The van der Waals surface area contributed by atoms with E-state index in [9.17, 15) is 0 Å². The lowest BCUT2D eigenvalue weighted by Crippen LogP contribution is -2.05. The van der Waals surface area contributed by atoms with Gasteiger partial charge >= 0.3 is 0 Å². The van der Waals surface area contributed by atoms with Crippen LogP contribution in [0.2, 0.25) is 0 Å². The Morgan fingerprint density at radius 2 is 2.06 bits per heavy atom. The van der Waals surface area contributed by atoms with Gasteiger partial charge in [0.15, 0.2) is 0 Å². The van der Waals surface area contributed by atoms with Gasteiger partial charge in [-0.05, 0) is 63.4 Å². The normalized spacial score (nSPS) is 12.4. The Kier molecular flexibility index (Phi) is 4.05.